The standard InChI is InChI=1S/C19H22O3.Na/c1-14(2)16-9-11-17(12-10-16)22-19(3,18(20)21)13-15-7-5-4-6-8-15;/h4-12,14H,13H2,1-3H3,(H,20,21);/q;+1/p-1. The Bertz CT molecular complexity index is 623. The molecule has 0 aliphatic rings. The largest absolute Gasteiger partial charge is 1.00 e. The average molecular weight is 320 g/mol. The quantitative estimate of drug-likeness (QED) is 0.701. The van der Waals surface area contributed by atoms with E-state index in [0.717, 1.165) is 5.56 Å². The summed E-state index contributed by atoms with van der Waals surface area (Å²) in [5.41, 5.74) is 0.680. The first-order valence-corrected chi connectivity index (χ1v) is 7.45. The van der Waals surface area contributed by atoms with E-state index >= 15 is 0 Å². The Labute approximate surface area is 160 Å². The predicted octanol–water partition coefficient (Wildman–Crippen LogP) is -0.0559. The summed E-state index contributed by atoms with van der Waals surface area (Å²) in [4.78, 5) is 11.6. The summed E-state index contributed by atoms with van der Waals surface area (Å²) >= 11 is 0. The third-order valence-electron chi connectivity index (χ3n) is 3.71. The molecule has 0 bridgehead atoms. The molecular weight excluding hydrogens is 299 g/mol. The van der Waals surface area contributed by atoms with E-state index < -0.39 is 11.6 Å². The molecule has 0 aliphatic heterocycles. The van der Waals surface area contributed by atoms with E-state index in [4.69, 9.17) is 4.74 Å². The van der Waals surface area contributed by atoms with Crippen molar-refractivity contribution in [2.75, 3.05) is 0 Å². The Balaban J connectivity index is 0.00000264. The summed E-state index contributed by atoms with van der Waals surface area (Å²) in [5.74, 6) is -0.262. The molecule has 0 aromatic heterocycles. The van der Waals surface area contributed by atoms with Gasteiger partial charge in [-0.05, 0) is 36.1 Å². The fourth-order valence-electron chi connectivity index (χ4n) is 2.32. The van der Waals surface area contributed by atoms with Crippen molar-refractivity contribution in [3.05, 3.63) is 65.7 Å². The fraction of sp³-hybridized carbons (Fsp3) is 0.316. The molecule has 0 heterocycles. The molecule has 23 heavy (non-hydrogen) atoms. The molecule has 0 saturated carbocycles. The summed E-state index contributed by atoms with van der Waals surface area (Å²) in [6.45, 7) is 5.76. The summed E-state index contributed by atoms with van der Waals surface area (Å²) < 4.78 is 5.74. The summed E-state index contributed by atoms with van der Waals surface area (Å²) in [5, 5.41) is 11.6. The molecule has 3 nitrogen and oxygen atoms in total. The molecule has 0 amide bonds. The molecule has 4 heteroatoms. The maximum atomic E-state index is 11.6. The molecule has 0 N–H and O–H groups in total. The second kappa shape index (κ2) is 8.53. The minimum absolute atomic E-state index is 0. The van der Waals surface area contributed by atoms with Crippen LogP contribution in [0.2, 0.25) is 0 Å². The molecule has 0 aliphatic carbocycles. The van der Waals surface area contributed by atoms with E-state index in [1.165, 1.54) is 5.56 Å². The number of hydrogen-bond donors (Lipinski definition) is 0. The Morgan fingerprint density at radius 1 is 1.09 bits per heavy atom. The minimum atomic E-state index is -1.40. The number of hydrogen-bond acceptors (Lipinski definition) is 3. The zero-order chi connectivity index (χ0) is 16.2. The van der Waals surface area contributed by atoms with Crippen LogP contribution in [0.1, 0.15) is 37.8 Å². The molecular formula is C19H21NaO3. The number of carbonyl (C=O) groups excluding carboxylic acids is 1. The van der Waals surface area contributed by atoms with E-state index in [9.17, 15) is 9.90 Å². The molecule has 2 rings (SSSR count). The van der Waals surface area contributed by atoms with Crippen LogP contribution in [-0.2, 0) is 11.2 Å². The van der Waals surface area contributed by atoms with E-state index in [1.807, 2.05) is 54.6 Å². The SMILES string of the molecule is CC(C)c1ccc(OC(C)(Cc2ccccc2)C(=O)[O-])cc1.[Na+]. The Morgan fingerprint density at radius 3 is 2.13 bits per heavy atom. The van der Waals surface area contributed by atoms with Gasteiger partial charge >= 0.3 is 29.6 Å². The van der Waals surface area contributed by atoms with Crippen molar-refractivity contribution in [3.8, 4) is 5.75 Å². The third kappa shape index (κ3) is 5.38. The van der Waals surface area contributed by atoms with Crippen molar-refractivity contribution in [2.24, 2.45) is 0 Å². The van der Waals surface area contributed by atoms with E-state index in [2.05, 4.69) is 13.8 Å². The van der Waals surface area contributed by atoms with Gasteiger partial charge in [0, 0.05) is 6.42 Å². The molecule has 1 unspecified atom stereocenters. The number of aliphatic carboxylic acids is 1. The van der Waals surface area contributed by atoms with Crippen LogP contribution in [0.15, 0.2) is 54.6 Å². The number of carbonyl (C=O) groups is 1. The average Bonchev–Trinajstić information content (AvgIpc) is 2.48. The molecule has 2 aromatic rings. The van der Waals surface area contributed by atoms with Crippen molar-refractivity contribution in [1.29, 1.82) is 0 Å². The summed E-state index contributed by atoms with van der Waals surface area (Å²) in [6.07, 6.45) is 0.252. The van der Waals surface area contributed by atoms with Crippen molar-refractivity contribution in [1.82, 2.24) is 0 Å². The van der Waals surface area contributed by atoms with Gasteiger partial charge in [-0.25, -0.2) is 0 Å². The molecule has 0 fully saturated rings. The van der Waals surface area contributed by atoms with Gasteiger partial charge in [-0.15, -0.1) is 0 Å². The van der Waals surface area contributed by atoms with Gasteiger partial charge in [-0.2, -0.15) is 0 Å². The van der Waals surface area contributed by atoms with Crippen molar-refractivity contribution in [3.63, 3.8) is 0 Å². The first-order chi connectivity index (χ1) is 10.4. The predicted molar refractivity (Wildman–Crippen MR) is 84.7 cm³/mol. The Hall–Kier alpha value is -1.29. The number of rotatable bonds is 6. The smallest absolute Gasteiger partial charge is 0.546 e. The van der Waals surface area contributed by atoms with Crippen LogP contribution < -0.4 is 39.4 Å². The Kier molecular flexibility index (Phi) is 7.33. The molecule has 116 valence electrons. The number of benzene rings is 2. The van der Waals surface area contributed by atoms with Crippen molar-refractivity contribution < 1.29 is 44.2 Å². The maximum Gasteiger partial charge on any atom is 1.00 e. The fourth-order valence-corrected chi connectivity index (χ4v) is 2.32. The molecule has 0 spiro atoms. The van der Waals surface area contributed by atoms with Crippen LogP contribution in [0.3, 0.4) is 0 Å². The van der Waals surface area contributed by atoms with Gasteiger partial charge in [0.25, 0.3) is 0 Å². The molecule has 2 aromatic carbocycles. The minimum Gasteiger partial charge on any atom is -0.546 e. The topological polar surface area (TPSA) is 49.4 Å². The van der Waals surface area contributed by atoms with Crippen LogP contribution in [0, 0.1) is 0 Å². The van der Waals surface area contributed by atoms with Gasteiger partial charge in [0.05, 0.1) is 5.97 Å². The molecule has 0 saturated heterocycles. The van der Waals surface area contributed by atoms with E-state index in [1.54, 1.807) is 6.92 Å². The van der Waals surface area contributed by atoms with E-state index in [0.29, 0.717) is 11.7 Å². The third-order valence-corrected chi connectivity index (χ3v) is 3.71. The maximum absolute atomic E-state index is 11.6. The van der Waals surface area contributed by atoms with Gasteiger partial charge in [-0.3, -0.25) is 0 Å². The number of carboxylic acids is 1. The zero-order valence-electron chi connectivity index (χ0n) is 14.2. The van der Waals surface area contributed by atoms with Crippen molar-refractivity contribution in [2.45, 2.75) is 38.7 Å². The van der Waals surface area contributed by atoms with Crippen LogP contribution >= 0.6 is 0 Å². The number of carboxylic acid groups (broad SMARTS) is 1. The summed E-state index contributed by atoms with van der Waals surface area (Å²) in [7, 11) is 0. The first-order valence-electron chi connectivity index (χ1n) is 7.45. The van der Waals surface area contributed by atoms with Gasteiger partial charge in [-0.1, -0.05) is 56.3 Å². The molecule has 0 radical (unpaired) electrons. The normalized spacial score (nSPS) is 13.0. The second-order valence-corrected chi connectivity index (χ2v) is 6.01. The van der Waals surface area contributed by atoms with Gasteiger partial charge in [0.15, 0.2) is 0 Å². The second-order valence-electron chi connectivity index (χ2n) is 6.01. The zero-order valence-corrected chi connectivity index (χ0v) is 16.2. The van der Waals surface area contributed by atoms with Crippen LogP contribution in [-0.4, -0.2) is 11.6 Å². The van der Waals surface area contributed by atoms with Gasteiger partial charge < -0.3 is 14.6 Å². The monoisotopic (exact) mass is 320 g/mol. The summed E-state index contributed by atoms with van der Waals surface area (Å²) in [6, 6.07) is 16.9. The van der Waals surface area contributed by atoms with E-state index in [-0.39, 0.29) is 36.0 Å². The first kappa shape index (κ1) is 19.8. The Morgan fingerprint density at radius 2 is 1.65 bits per heavy atom. The van der Waals surface area contributed by atoms with Crippen LogP contribution in [0.25, 0.3) is 0 Å². The van der Waals surface area contributed by atoms with Crippen LogP contribution in [0.4, 0.5) is 0 Å². The van der Waals surface area contributed by atoms with Crippen molar-refractivity contribution >= 4 is 5.97 Å². The number of ether oxygens (including phenoxy) is 1. The van der Waals surface area contributed by atoms with Crippen LogP contribution in [0.5, 0.6) is 5.75 Å². The van der Waals surface area contributed by atoms with Gasteiger partial charge in [0.2, 0.25) is 0 Å². The molecule has 1 atom stereocenters. The van der Waals surface area contributed by atoms with Gasteiger partial charge in [0.1, 0.15) is 11.4 Å².